The van der Waals surface area contributed by atoms with E-state index in [1.807, 2.05) is 27.7 Å². The smallest absolute Gasteiger partial charge is 0.360 e. The fourth-order valence-electron chi connectivity index (χ4n) is 1.89. The van der Waals surface area contributed by atoms with Gasteiger partial charge in [-0.3, -0.25) is 4.79 Å². The highest BCUT2D eigenvalue weighted by Gasteiger charge is 2.48. The summed E-state index contributed by atoms with van der Waals surface area (Å²) < 4.78 is 22.7. The van der Waals surface area contributed by atoms with Crippen LogP contribution in [-0.2, 0) is 18.4 Å². The normalized spacial score (nSPS) is 11.6. The molecule has 0 saturated carbocycles. The average Bonchev–Trinajstić information content (AvgIpc) is 2.28. The van der Waals surface area contributed by atoms with Gasteiger partial charge in [-0.05, 0) is 41.5 Å². The van der Waals surface area contributed by atoms with Crippen LogP contribution in [0, 0.1) is 0 Å². The first-order valence-corrected chi connectivity index (χ1v) is 8.23. The van der Waals surface area contributed by atoms with Crippen LogP contribution in [0.2, 0.25) is 0 Å². The van der Waals surface area contributed by atoms with E-state index in [2.05, 4.69) is 4.79 Å². The zero-order valence-electron chi connectivity index (χ0n) is 13.0. The first kappa shape index (κ1) is 19.0. The Morgan fingerprint density at radius 3 is 1.80 bits per heavy atom. The zero-order valence-corrected chi connectivity index (χ0v) is 13.9. The minimum atomic E-state index is -3.91. The Labute approximate surface area is 120 Å². The maximum atomic E-state index is 12.6. The molecule has 20 heavy (non-hydrogen) atoms. The van der Waals surface area contributed by atoms with E-state index in [9.17, 15) is 9.36 Å². The third kappa shape index (κ3) is 4.53. The lowest BCUT2D eigenvalue weighted by Crippen LogP contribution is -2.46. The molecule has 0 fully saturated rings. The van der Waals surface area contributed by atoms with Gasteiger partial charge < -0.3 is 19.5 Å². The Kier molecular flexibility index (Phi) is 7.91. The standard InChI is InChI=1S/C12H24N3O4P/c1-7-18-20(17,19-8-2)11(14-13)12(16)15(9(3)4)10(5)6/h9-10H,7-8H2,1-6H3. The van der Waals surface area contributed by atoms with Crippen LogP contribution in [-0.4, -0.2) is 46.3 Å². The Bertz CT molecular complexity index is 412. The number of hydrogen-bond donors (Lipinski definition) is 0. The molecule has 0 aromatic rings. The summed E-state index contributed by atoms with van der Waals surface area (Å²) in [5.74, 6) is -0.650. The number of hydrogen-bond acceptors (Lipinski definition) is 4. The van der Waals surface area contributed by atoms with E-state index in [1.54, 1.807) is 13.8 Å². The van der Waals surface area contributed by atoms with Crippen molar-refractivity contribution in [3.63, 3.8) is 0 Å². The van der Waals surface area contributed by atoms with Crippen LogP contribution < -0.4 is 0 Å². The van der Waals surface area contributed by atoms with Crippen LogP contribution in [0.3, 0.4) is 0 Å². The molecule has 0 spiro atoms. The topological polar surface area (TPSA) is 92.2 Å². The number of carbonyl (C=O) groups is 1. The molecule has 0 N–H and O–H groups in total. The summed E-state index contributed by atoms with van der Waals surface area (Å²) in [5.41, 5.74) is 8.53. The molecule has 0 aromatic heterocycles. The first-order valence-electron chi connectivity index (χ1n) is 6.69. The maximum Gasteiger partial charge on any atom is 0.465 e. The van der Waals surface area contributed by atoms with Gasteiger partial charge in [-0.25, -0.2) is 4.57 Å². The molecular formula is C12H24N3O4P. The molecule has 0 rings (SSSR count). The summed E-state index contributed by atoms with van der Waals surface area (Å²) in [6.45, 7) is 10.7. The predicted octanol–water partition coefficient (Wildman–Crippen LogP) is 2.53. The summed E-state index contributed by atoms with van der Waals surface area (Å²) >= 11 is 0. The molecule has 0 radical (unpaired) electrons. The molecule has 0 heterocycles. The van der Waals surface area contributed by atoms with Gasteiger partial charge in [-0.1, -0.05) is 0 Å². The monoisotopic (exact) mass is 305 g/mol. The van der Waals surface area contributed by atoms with Gasteiger partial charge in [-0.15, -0.1) is 0 Å². The zero-order chi connectivity index (χ0) is 15.9. The molecule has 0 aliphatic heterocycles. The van der Waals surface area contributed by atoms with Gasteiger partial charge in [0.1, 0.15) is 0 Å². The van der Waals surface area contributed by atoms with E-state index in [4.69, 9.17) is 14.6 Å². The third-order valence-corrected chi connectivity index (χ3v) is 4.49. The Balaban J connectivity index is 5.61. The van der Waals surface area contributed by atoms with Crippen molar-refractivity contribution in [3.8, 4) is 0 Å². The van der Waals surface area contributed by atoms with Crippen molar-refractivity contribution in [1.29, 1.82) is 0 Å². The lowest BCUT2D eigenvalue weighted by atomic mass is 10.2. The first-order chi connectivity index (χ1) is 9.25. The summed E-state index contributed by atoms with van der Waals surface area (Å²) in [6, 6.07) is -0.285. The van der Waals surface area contributed by atoms with Gasteiger partial charge in [0, 0.05) is 12.1 Å². The lowest BCUT2D eigenvalue weighted by Gasteiger charge is -2.29. The van der Waals surface area contributed by atoms with Crippen molar-refractivity contribution in [2.45, 2.75) is 53.6 Å². The predicted molar refractivity (Wildman–Crippen MR) is 76.6 cm³/mol. The number of amides is 1. The minimum Gasteiger partial charge on any atom is -0.360 e. The molecule has 116 valence electrons. The molecular weight excluding hydrogens is 281 g/mol. The van der Waals surface area contributed by atoms with Gasteiger partial charge in [0.2, 0.25) is 0 Å². The third-order valence-electron chi connectivity index (χ3n) is 2.49. The minimum absolute atomic E-state index is 0.0763. The largest absolute Gasteiger partial charge is 0.465 e. The maximum absolute atomic E-state index is 12.6. The van der Waals surface area contributed by atoms with E-state index in [0.717, 1.165) is 0 Å². The Morgan fingerprint density at radius 2 is 1.55 bits per heavy atom. The van der Waals surface area contributed by atoms with Crippen molar-refractivity contribution < 1.29 is 23.2 Å². The van der Waals surface area contributed by atoms with E-state index in [0.29, 0.717) is 0 Å². The van der Waals surface area contributed by atoms with Crippen LogP contribution in [0.4, 0.5) is 0 Å². The van der Waals surface area contributed by atoms with E-state index >= 15 is 0 Å². The van der Waals surface area contributed by atoms with E-state index in [1.165, 1.54) is 4.90 Å². The lowest BCUT2D eigenvalue weighted by molar-refractivity contribution is -0.131. The van der Waals surface area contributed by atoms with Gasteiger partial charge in [0.15, 0.2) is 0 Å². The molecule has 7 nitrogen and oxygen atoms in total. The quantitative estimate of drug-likeness (QED) is 0.298. The fourth-order valence-corrected chi connectivity index (χ4v) is 3.35. The van der Waals surface area contributed by atoms with Gasteiger partial charge >= 0.3 is 19.0 Å². The van der Waals surface area contributed by atoms with Crippen LogP contribution in [0.15, 0.2) is 0 Å². The van der Waals surface area contributed by atoms with Crippen LogP contribution >= 0.6 is 7.60 Å². The second kappa shape index (κ2) is 8.32. The van der Waals surface area contributed by atoms with Crippen LogP contribution in [0.5, 0.6) is 0 Å². The Morgan fingerprint density at radius 1 is 1.15 bits per heavy atom. The highest BCUT2D eigenvalue weighted by molar-refractivity contribution is 7.74. The number of nitrogens with zero attached hydrogens (tertiary/aromatic N) is 3. The summed E-state index contributed by atoms with van der Waals surface area (Å²) in [6.07, 6.45) is 0. The van der Waals surface area contributed by atoms with Gasteiger partial charge in [0.25, 0.3) is 0 Å². The van der Waals surface area contributed by atoms with E-state index in [-0.39, 0.29) is 25.3 Å². The van der Waals surface area contributed by atoms with Gasteiger partial charge in [-0.2, -0.15) is 4.79 Å². The number of carbonyl (C=O) groups excluding carboxylic acids is 1. The van der Waals surface area contributed by atoms with Crippen LogP contribution in [0.25, 0.3) is 5.53 Å². The molecule has 0 saturated heterocycles. The molecule has 1 amide bonds. The van der Waals surface area contributed by atoms with Crippen LogP contribution in [0.1, 0.15) is 41.5 Å². The molecule has 8 heteroatoms. The second-order valence-corrected chi connectivity index (χ2v) is 6.59. The SMILES string of the molecule is CCOP(=O)(OCC)C(=[N+]=[N-])C(=O)N(C(C)C)C(C)C. The average molecular weight is 305 g/mol. The fraction of sp³-hybridized carbons (Fsp3) is 0.833. The molecule has 0 unspecified atom stereocenters. The summed E-state index contributed by atoms with van der Waals surface area (Å²) in [7, 11) is -3.91. The highest BCUT2D eigenvalue weighted by atomic mass is 31.2. The molecule has 0 atom stereocenters. The number of rotatable bonds is 8. The van der Waals surface area contributed by atoms with E-state index < -0.39 is 19.0 Å². The van der Waals surface area contributed by atoms with Crippen molar-refractivity contribution in [2.75, 3.05) is 13.2 Å². The second-order valence-electron chi connectivity index (χ2n) is 4.66. The molecule has 0 aromatic carbocycles. The van der Waals surface area contributed by atoms with Gasteiger partial charge in [0.05, 0.1) is 13.2 Å². The summed E-state index contributed by atoms with van der Waals surface area (Å²) in [4.78, 5) is 16.8. The molecule has 0 aliphatic carbocycles. The molecule has 0 bridgehead atoms. The Hall–Kier alpha value is -1.00. The summed E-state index contributed by atoms with van der Waals surface area (Å²) in [5, 5.41) is 0. The van der Waals surface area contributed by atoms with Crippen molar-refractivity contribution >= 4 is 19.0 Å². The highest BCUT2D eigenvalue weighted by Crippen LogP contribution is 2.49. The van der Waals surface area contributed by atoms with Crippen molar-refractivity contribution in [1.82, 2.24) is 4.90 Å². The van der Waals surface area contributed by atoms with Crippen molar-refractivity contribution in [3.05, 3.63) is 5.53 Å². The van der Waals surface area contributed by atoms with Crippen molar-refractivity contribution in [2.24, 2.45) is 0 Å². The molecule has 0 aliphatic rings.